The zero-order valence-electron chi connectivity index (χ0n) is 11.7. The van der Waals surface area contributed by atoms with E-state index in [1.54, 1.807) is 6.20 Å². The van der Waals surface area contributed by atoms with Gasteiger partial charge in [0.05, 0.1) is 5.41 Å². The molecule has 2 N–H and O–H groups in total. The van der Waals surface area contributed by atoms with Crippen LogP contribution in [0, 0.1) is 0 Å². The van der Waals surface area contributed by atoms with E-state index in [1.165, 1.54) is 0 Å². The maximum atomic E-state index is 12.9. The molecule has 0 atom stereocenters. The van der Waals surface area contributed by atoms with Gasteiger partial charge in [0.1, 0.15) is 0 Å². The molecule has 0 amide bonds. The Kier molecular flexibility index (Phi) is 3.08. The highest BCUT2D eigenvalue weighted by Crippen LogP contribution is 2.50. The van der Waals surface area contributed by atoms with Gasteiger partial charge in [0.15, 0.2) is 5.82 Å². The fourth-order valence-corrected chi connectivity index (χ4v) is 2.73. The smallest absolute Gasteiger partial charge is 0.208 e. The summed E-state index contributed by atoms with van der Waals surface area (Å²) in [6, 6.07) is 7.66. The summed E-state index contributed by atoms with van der Waals surface area (Å²) < 4.78 is 1.96. The number of carbonyl (C=O) groups is 1. The maximum absolute atomic E-state index is 12.9. The second kappa shape index (κ2) is 4.78. The molecule has 1 aromatic heterocycles. The number of imidazole rings is 1. The molecule has 2 aromatic rings. The van der Waals surface area contributed by atoms with Crippen molar-refractivity contribution in [2.75, 3.05) is 5.73 Å². The van der Waals surface area contributed by atoms with Crippen LogP contribution in [0.25, 0.3) is 0 Å². The molecule has 3 rings (SSSR count). The van der Waals surface area contributed by atoms with Gasteiger partial charge >= 0.3 is 0 Å². The number of hydrogen-bond donors (Lipinski definition) is 1. The van der Waals surface area contributed by atoms with Gasteiger partial charge in [-0.25, -0.2) is 4.98 Å². The molecule has 104 valence electrons. The molecule has 0 saturated heterocycles. The minimum absolute atomic E-state index is 0.140. The summed E-state index contributed by atoms with van der Waals surface area (Å²) in [5, 5.41) is 0. The average Bonchev–Trinajstić information content (AvgIpc) is 3.13. The molecular weight excluding hydrogens is 250 g/mol. The average molecular weight is 269 g/mol. The molecule has 4 nitrogen and oxygen atoms in total. The number of aromatic nitrogens is 2. The highest BCUT2D eigenvalue weighted by atomic mass is 16.1. The fraction of sp³-hybridized carbons (Fsp3) is 0.375. The van der Waals surface area contributed by atoms with Crippen LogP contribution in [0.5, 0.6) is 0 Å². The first kappa shape index (κ1) is 12.9. The molecule has 1 aliphatic carbocycles. The van der Waals surface area contributed by atoms with Crippen LogP contribution >= 0.6 is 0 Å². The Morgan fingerprint density at radius 1 is 1.35 bits per heavy atom. The van der Waals surface area contributed by atoms with Crippen LogP contribution in [-0.4, -0.2) is 15.3 Å². The Morgan fingerprint density at radius 3 is 2.65 bits per heavy atom. The van der Waals surface area contributed by atoms with Crippen LogP contribution in [-0.2, 0) is 12.0 Å². The summed E-state index contributed by atoms with van der Waals surface area (Å²) in [6.45, 7) is 2.93. The van der Waals surface area contributed by atoms with E-state index in [0.717, 1.165) is 37.1 Å². The molecule has 1 aliphatic rings. The van der Waals surface area contributed by atoms with E-state index in [4.69, 9.17) is 5.73 Å². The van der Waals surface area contributed by atoms with Gasteiger partial charge in [0.2, 0.25) is 5.78 Å². The number of anilines is 1. The van der Waals surface area contributed by atoms with E-state index in [0.29, 0.717) is 5.82 Å². The number of carbonyl (C=O) groups excluding carboxylic acids is 1. The van der Waals surface area contributed by atoms with Crippen LogP contribution in [0.15, 0.2) is 36.7 Å². The van der Waals surface area contributed by atoms with Crippen molar-refractivity contribution in [2.45, 2.75) is 38.1 Å². The van der Waals surface area contributed by atoms with Crippen molar-refractivity contribution in [2.24, 2.45) is 0 Å². The summed E-state index contributed by atoms with van der Waals surface area (Å²) in [5.41, 5.74) is 7.14. The summed E-state index contributed by atoms with van der Waals surface area (Å²) in [4.78, 5) is 17.1. The Labute approximate surface area is 118 Å². The summed E-state index contributed by atoms with van der Waals surface area (Å²) >= 11 is 0. The molecule has 1 fully saturated rings. The molecular formula is C16H19N3O. The van der Waals surface area contributed by atoms with Crippen LogP contribution in [0.2, 0.25) is 0 Å². The number of ketones is 1. The molecule has 0 aliphatic heterocycles. The van der Waals surface area contributed by atoms with Gasteiger partial charge in [-0.15, -0.1) is 0 Å². The highest BCUT2D eigenvalue weighted by Gasteiger charge is 2.52. The Bertz CT molecular complexity index is 623. The quantitative estimate of drug-likeness (QED) is 0.670. The molecule has 1 heterocycles. The highest BCUT2D eigenvalue weighted by molar-refractivity contribution is 6.03. The summed E-state index contributed by atoms with van der Waals surface area (Å²) in [7, 11) is 0. The van der Waals surface area contributed by atoms with Gasteiger partial charge in [-0.05, 0) is 37.0 Å². The van der Waals surface area contributed by atoms with E-state index in [1.807, 2.05) is 35.0 Å². The Hall–Kier alpha value is -2.10. The Balaban J connectivity index is 1.93. The third-order valence-corrected chi connectivity index (χ3v) is 4.03. The van der Waals surface area contributed by atoms with Crippen molar-refractivity contribution < 1.29 is 4.79 Å². The number of hydrogen-bond acceptors (Lipinski definition) is 3. The topological polar surface area (TPSA) is 60.9 Å². The molecule has 0 bridgehead atoms. The van der Waals surface area contributed by atoms with Crippen molar-refractivity contribution in [1.82, 2.24) is 9.55 Å². The Morgan fingerprint density at radius 2 is 2.05 bits per heavy atom. The van der Waals surface area contributed by atoms with Crippen LogP contribution in [0.3, 0.4) is 0 Å². The third-order valence-electron chi connectivity index (χ3n) is 4.03. The van der Waals surface area contributed by atoms with E-state index in [2.05, 4.69) is 11.9 Å². The zero-order chi connectivity index (χ0) is 14.2. The predicted octanol–water partition coefficient (Wildman–Crippen LogP) is 2.79. The number of rotatable bonds is 5. The number of aryl methyl sites for hydroxylation is 1. The van der Waals surface area contributed by atoms with Crippen molar-refractivity contribution >= 4 is 11.5 Å². The second-order valence-corrected chi connectivity index (χ2v) is 5.48. The molecule has 20 heavy (non-hydrogen) atoms. The number of nitrogens with two attached hydrogens (primary N) is 1. The normalized spacial score (nSPS) is 16.1. The standard InChI is InChI=1S/C16H19N3O/c1-2-10-19-11-9-18-15(19)14(20)16(7-8-16)12-3-5-13(17)6-4-12/h3-6,9,11H,2,7-8,10,17H2,1H3. The van der Waals surface area contributed by atoms with Crippen LogP contribution in [0.4, 0.5) is 5.69 Å². The maximum Gasteiger partial charge on any atom is 0.208 e. The molecule has 0 radical (unpaired) electrons. The van der Waals surface area contributed by atoms with E-state index in [-0.39, 0.29) is 11.2 Å². The van der Waals surface area contributed by atoms with Crippen molar-refractivity contribution in [3.05, 3.63) is 48.0 Å². The molecule has 1 aromatic carbocycles. The van der Waals surface area contributed by atoms with Gasteiger partial charge in [-0.1, -0.05) is 19.1 Å². The van der Waals surface area contributed by atoms with Crippen molar-refractivity contribution in [3.8, 4) is 0 Å². The first-order valence-corrected chi connectivity index (χ1v) is 7.09. The first-order chi connectivity index (χ1) is 9.67. The van der Waals surface area contributed by atoms with E-state index in [9.17, 15) is 4.79 Å². The lowest BCUT2D eigenvalue weighted by molar-refractivity contribution is 0.0931. The zero-order valence-corrected chi connectivity index (χ0v) is 11.7. The third kappa shape index (κ3) is 2.01. The van der Waals surface area contributed by atoms with Gasteiger partial charge in [0, 0.05) is 24.6 Å². The van der Waals surface area contributed by atoms with Crippen molar-refractivity contribution in [1.29, 1.82) is 0 Å². The minimum atomic E-state index is -0.370. The number of Topliss-reactive ketones (excluding diaryl/α,β-unsaturated/α-hetero) is 1. The summed E-state index contributed by atoms with van der Waals surface area (Å²) in [6.07, 6.45) is 6.38. The number of nitrogen functional groups attached to an aromatic ring is 1. The number of nitrogens with zero attached hydrogens (tertiary/aromatic N) is 2. The lowest BCUT2D eigenvalue weighted by Gasteiger charge is -2.15. The monoisotopic (exact) mass is 269 g/mol. The van der Waals surface area contributed by atoms with Gasteiger partial charge in [0.25, 0.3) is 0 Å². The second-order valence-electron chi connectivity index (χ2n) is 5.48. The predicted molar refractivity (Wildman–Crippen MR) is 78.6 cm³/mol. The van der Waals surface area contributed by atoms with Crippen molar-refractivity contribution in [3.63, 3.8) is 0 Å². The van der Waals surface area contributed by atoms with Crippen LogP contribution in [0.1, 0.15) is 42.4 Å². The first-order valence-electron chi connectivity index (χ1n) is 7.09. The fourth-order valence-electron chi connectivity index (χ4n) is 2.73. The van der Waals surface area contributed by atoms with Gasteiger partial charge in [-0.2, -0.15) is 0 Å². The minimum Gasteiger partial charge on any atom is -0.399 e. The van der Waals surface area contributed by atoms with Crippen LogP contribution < -0.4 is 5.73 Å². The van der Waals surface area contributed by atoms with E-state index < -0.39 is 0 Å². The lowest BCUT2D eigenvalue weighted by atomic mass is 9.90. The molecule has 4 heteroatoms. The number of benzene rings is 1. The molecule has 0 spiro atoms. The van der Waals surface area contributed by atoms with Gasteiger partial charge < -0.3 is 10.3 Å². The van der Waals surface area contributed by atoms with Gasteiger partial charge in [-0.3, -0.25) is 4.79 Å². The lowest BCUT2D eigenvalue weighted by Crippen LogP contribution is -2.24. The largest absolute Gasteiger partial charge is 0.399 e. The molecule has 0 unspecified atom stereocenters. The molecule has 1 saturated carbocycles. The van der Waals surface area contributed by atoms with E-state index >= 15 is 0 Å². The summed E-state index contributed by atoms with van der Waals surface area (Å²) in [5.74, 6) is 0.724. The SMILES string of the molecule is CCCn1ccnc1C(=O)C1(c2ccc(N)cc2)CC1.